The molecule has 0 bridgehead atoms. The molecule has 34 heavy (non-hydrogen) atoms. The standard InChI is InChI=1S/C25H24FN5O3/c1-16-14-29(15-27-16)21-9-4-18(12-22(21)33-3)13-23-24-28-17(2)25(32)31(30(24)10-11-34-23)20-7-5-19(26)6-8-20/h4-9,12-15,17H,10-11H2,1-3H3/b23-13-. The molecular weight excluding hydrogens is 437 g/mol. The van der Waals surface area contributed by atoms with Crippen molar-refractivity contribution in [1.82, 2.24) is 14.6 Å². The Morgan fingerprint density at radius 2 is 2.00 bits per heavy atom. The normalized spacial score (nSPS) is 19.1. The number of benzene rings is 2. The van der Waals surface area contributed by atoms with Crippen LogP contribution in [0.25, 0.3) is 11.8 Å². The van der Waals surface area contributed by atoms with Crippen molar-refractivity contribution < 1.29 is 18.7 Å². The van der Waals surface area contributed by atoms with Crippen molar-refractivity contribution in [1.29, 1.82) is 0 Å². The lowest BCUT2D eigenvalue weighted by molar-refractivity contribution is -0.122. The van der Waals surface area contributed by atoms with Gasteiger partial charge in [-0.05, 0) is 61.9 Å². The maximum Gasteiger partial charge on any atom is 0.270 e. The fraction of sp³-hybridized carbons (Fsp3) is 0.240. The van der Waals surface area contributed by atoms with E-state index in [-0.39, 0.29) is 11.7 Å². The summed E-state index contributed by atoms with van der Waals surface area (Å²) < 4.78 is 27.0. The van der Waals surface area contributed by atoms with Crippen LogP contribution in [0, 0.1) is 12.7 Å². The van der Waals surface area contributed by atoms with E-state index in [4.69, 9.17) is 9.47 Å². The van der Waals surface area contributed by atoms with Gasteiger partial charge in [0, 0.05) is 6.20 Å². The topological polar surface area (TPSA) is 72.2 Å². The molecule has 2 aromatic carbocycles. The molecule has 174 valence electrons. The van der Waals surface area contributed by atoms with Gasteiger partial charge in [-0.25, -0.2) is 14.4 Å². The summed E-state index contributed by atoms with van der Waals surface area (Å²) >= 11 is 0. The fourth-order valence-corrected chi connectivity index (χ4v) is 4.06. The van der Waals surface area contributed by atoms with Crippen LogP contribution in [0.4, 0.5) is 10.1 Å². The average molecular weight is 461 g/mol. The predicted octanol–water partition coefficient (Wildman–Crippen LogP) is 3.75. The Kier molecular flexibility index (Phi) is 5.53. The molecule has 1 aromatic heterocycles. The maximum absolute atomic E-state index is 13.5. The Morgan fingerprint density at radius 3 is 2.71 bits per heavy atom. The van der Waals surface area contributed by atoms with Crippen LogP contribution in [0.3, 0.4) is 0 Å². The molecule has 0 radical (unpaired) electrons. The third-order valence-electron chi connectivity index (χ3n) is 5.71. The summed E-state index contributed by atoms with van der Waals surface area (Å²) in [5.74, 6) is 1.24. The van der Waals surface area contributed by atoms with Crippen LogP contribution in [0.1, 0.15) is 18.2 Å². The Labute approximate surface area is 196 Å². The monoisotopic (exact) mass is 461 g/mol. The number of hydrazine groups is 1. The fourth-order valence-electron chi connectivity index (χ4n) is 4.06. The van der Waals surface area contributed by atoms with E-state index < -0.39 is 6.04 Å². The maximum atomic E-state index is 13.5. The van der Waals surface area contributed by atoms with Crippen molar-refractivity contribution in [2.24, 2.45) is 4.99 Å². The summed E-state index contributed by atoms with van der Waals surface area (Å²) in [6.45, 7) is 4.47. The number of ether oxygens (including phenoxy) is 2. The number of nitrogens with zero attached hydrogens (tertiary/aromatic N) is 5. The highest BCUT2D eigenvalue weighted by Crippen LogP contribution is 2.30. The minimum atomic E-state index is -0.609. The highest BCUT2D eigenvalue weighted by molar-refractivity contribution is 6.10. The van der Waals surface area contributed by atoms with E-state index in [0.717, 1.165) is 16.9 Å². The van der Waals surface area contributed by atoms with E-state index in [1.807, 2.05) is 42.0 Å². The molecule has 9 heteroatoms. The number of fused-ring (bicyclic) bond motifs is 1. The first-order chi connectivity index (χ1) is 16.4. The van der Waals surface area contributed by atoms with Crippen LogP contribution in [-0.2, 0) is 9.53 Å². The van der Waals surface area contributed by atoms with Gasteiger partial charge in [-0.3, -0.25) is 14.8 Å². The molecule has 1 unspecified atom stereocenters. The second-order valence-electron chi connectivity index (χ2n) is 8.09. The van der Waals surface area contributed by atoms with Crippen molar-refractivity contribution in [2.75, 3.05) is 25.3 Å². The molecule has 3 heterocycles. The molecule has 3 aromatic rings. The molecule has 1 amide bonds. The molecule has 0 spiro atoms. The second kappa shape index (κ2) is 8.66. The van der Waals surface area contributed by atoms with Crippen molar-refractivity contribution >= 4 is 23.5 Å². The second-order valence-corrected chi connectivity index (χ2v) is 8.09. The summed E-state index contributed by atoms with van der Waals surface area (Å²) in [5.41, 5.74) is 3.21. The van der Waals surface area contributed by atoms with Gasteiger partial charge >= 0.3 is 0 Å². The average Bonchev–Trinajstić information content (AvgIpc) is 3.27. The zero-order chi connectivity index (χ0) is 23.8. The number of carbonyl (C=O) groups excluding carboxylic acids is 1. The first-order valence-electron chi connectivity index (χ1n) is 10.9. The minimum Gasteiger partial charge on any atom is -0.495 e. The molecule has 2 aliphatic heterocycles. The summed E-state index contributed by atoms with van der Waals surface area (Å²) in [5, 5.41) is 3.33. The molecule has 8 nitrogen and oxygen atoms in total. The summed E-state index contributed by atoms with van der Waals surface area (Å²) in [6.07, 6.45) is 5.55. The number of hydrogen-bond donors (Lipinski definition) is 0. The summed E-state index contributed by atoms with van der Waals surface area (Å²) in [7, 11) is 1.62. The third kappa shape index (κ3) is 3.89. The van der Waals surface area contributed by atoms with Crippen molar-refractivity contribution in [2.45, 2.75) is 19.9 Å². The van der Waals surface area contributed by atoms with Gasteiger partial charge in [-0.15, -0.1) is 0 Å². The van der Waals surface area contributed by atoms with Gasteiger partial charge in [0.15, 0.2) is 11.6 Å². The number of halogens is 1. The van der Waals surface area contributed by atoms with Gasteiger partial charge in [-0.1, -0.05) is 6.07 Å². The number of aromatic nitrogens is 2. The van der Waals surface area contributed by atoms with Gasteiger partial charge in [0.25, 0.3) is 5.91 Å². The highest BCUT2D eigenvalue weighted by Gasteiger charge is 2.38. The van der Waals surface area contributed by atoms with Gasteiger partial charge in [0.05, 0.1) is 37.1 Å². The van der Waals surface area contributed by atoms with E-state index in [1.54, 1.807) is 42.5 Å². The smallest absolute Gasteiger partial charge is 0.270 e. The van der Waals surface area contributed by atoms with Crippen molar-refractivity contribution in [3.63, 3.8) is 0 Å². The Bertz CT molecular complexity index is 1300. The van der Waals surface area contributed by atoms with Crippen LogP contribution in [0.2, 0.25) is 0 Å². The molecule has 1 atom stereocenters. The molecule has 0 aliphatic carbocycles. The van der Waals surface area contributed by atoms with Crippen LogP contribution in [0.5, 0.6) is 5.75 Å². The lowest BCUT2D eigenvalue weighted by Crippen LogP contribution is -2.59. The lowest BCUT2D eigenvalue weighted by atomic mass is 10.1. The lowest BCUT2D eigenvalue weighted by Gasteiger charge is -2.43. The Hall–Kier alpha value is -4.14. The molecule has 5 rings (SSSR count). The van der Waals surface area contributed by atoms with Gasteiger partial charge < -0.3 is 14.0 Å². The molecular formula is C25H24FN5O3. The number of anilines is 1. The van der Waals surface area contributed by atoms with Crippen LogP contribution < -0.4 is 9.75 Å². The minimum absolute atomic E-state index is 0.182. The number of aryl methyl sites for hydroxylation is 1. The molecule has 0 N–H and O–H groups in total. The third-order valence-corrected chi connectivity index (χ3v) is 5.71. The first-order valence-corrected chi connectivity index (χ1v) is 10.9. The number of hydrogen-bond acceptors (Lipinski definition) is 6. The van der Waals surface area contributed by atoms with E-state index >= 15 is 0 Å². The van der Waals surface area contributed by atoms with E-state index in [9.17, 15) is 9.18 Å². The quantitative estimate of drug-likeness (QED) is 0.592. The van der Waals surface area contributed by atoms with Crippen LogP contribution >= 0.6 is 0 Å². The number of imidazole rings is 1. The van der Waals surface area contributed by atoms with Crippen molar-refractivity contribution in [3.05, 3.63) is 77.8 Å². The largest absolute Gasteiger partial charge is 0.495 e. The number of aliphatic imine (C=N–C) groups is 1. The molecule has 2 aliphatic rings. The van der Waals surface area contributed by atoms with Gasteiger partial charge in [-0.2, -0.15) is 0 Å². The molecule has 1 fully saturated rings. The van der Waals surface area contributed by atoms with E-state index in [2.05, 4.69) is 9.98 Å². The number of methoxy groups -OCH3 is 1. The zero-order valence-electron chi connectivity index (χ0n) is 19.1. The number of rotatable bonds is 4. The van der Waals surface area contributed by atoms with E-state index in [1.165, 1.54) is 12.1 Å². The van der Waals surface area contributed by atoms with Crippen LogP contribution in [-0.4, -0.2) is 52.6 Å². The Balaban J connectivity index is 1.51. The summed E-state index contributed by atoms with van der Waals surface area (Å²) in [6, 6.07) is 11.1. The highest BCUT2D eigenvalue weighted by atomic mass is 19.1. The van der Waals surface area contributed by atoms with Crippen molar-refractivity contribution in [3.8, 4) is 11.4 Å². The van der Waals surface area contributed by atoms with E-state index in [0.29, 0.717) is 36.2 Å². The van der Waals surface area contributed by atoms with Gasteiger partial charge in [0.2, 0.25) is 0 Å². The summed E-state index contributed by atoms with van der Waals surface area (Å²) in [4.78, 5) is 21.9. The SMILES string of the molecule is COc1cc(/C=C2\OCCN3C2=NC(C)C(=O)N3c2ccc(F)cc2)ccc1-n1cnc(C)c1. The first kappa shape index (κ1) is 21.7. The number of morpholine rings is 1. The predicted molar refractivity (Wildman–Crippen MR) is 126 cm³/mol. The zero-order valence-corrected chi connectivity index (χ0v) is 19.1. The number of amides is 1. The molecule has 1 saturated heterocycles. The van der Waals surface area contributed by atoms with Gasteiger partial charge in [0.1, 0.15) is 24.2 Å². The number of amidine groups is 1. The van der Waals surface area contributed by atoms with Crippen LogP contribution in [0.15, 0.2) is 65.7 Å². The Morgan fingerprint density at radius 1 is 1.21 bits per heavy atom. The number of carbonyl (C=O) groups is 1. The molecule has 0 saturated carbocycles.